The van der Waals surface area contributed by atoms with Crippen molar-refractivity contribution in [1.29, 1.82) is 0 Å². The van der Waals surface area contributed by atoms with Crippen LogP contribution in [0, 0.1) is 6.92 Å². The SMILES string of the molecule is CCc1cc(C)cc(CC)c1C1=C(C)CCCOC1. The molecule has 0 radical (unpaired) electrons. The molecule has 0 amide bonds. The average molecular weight is 258 g/mol. The van der Waals surface area contributed by atoms with E-state index in [4.69, 9.17) is 4.74 Å². The van der Waals surface area contributed by atoms with Crippen LogP contribution in [0.15, 0.2) is 17.7 Å². The van der Waals surface area contributed by atoms with Gasteiger partial charge in [0.2, 0.25) is 0 Å². The standard InChI is InChI=1S/C18H26O/c1-5-15-10-13(3)11-16(6-2)18(15)17-12-19-9-7-8-14(17)4/h10-11H,5-9,12H2,1-4H3. The minimum absolute atomic E-state index is 0.787. The van der Waals surface area contributed by atoms with Crippen molar-refractivity contribution in [3.63, 3.8) is 0 Å². The van der Waals surface area contributed by atoms with Crippen LogP contribution in [0.2, 0.25) is 0 Å². The Labute approximate surface area is 117 Å². The minimum atomic E-state index is 0.787. The van der Waals surface area contributed by atoms with Crippen LogP contribution in [0.1, 0.15) is 55.9 Å². The Kier molecular flexibility index (Phi) is 4.81. The van der Waals surface area contributed by atoms with Crippen LogP contribution in [0.4, 0.5) is 0 Å². The topological polar surface area (TPSA) is 9.23 Å². The fraction of sp³-hybridized carbons (Fsp3) is 0.556. The summed E-state index contributed by atoms with van der Waals surface area (Å²) in [6, 6.07) is 4.69. The van der Waals surface area contributed by atoms with E-state index < -0.39 is 0 Å². The number of rotatable bonds is 3. The van der Waals surface area contributed by atoms with Gasteiger partial charge in [0.05, 0.1) is 6.61 Å². The van der Waals surface area contributed by atoms with Gasteiger partial charge < -0.3 is 4.74 Å². The lowest BCUT2D eigenvalue weighted by atomic mass is 9.87. The molecule has 1 heterocycles. The molecule has 0 bridgehead atoms. The van der Waals surface area contributed by atoms with Gasteiger partial charge in [-0.15, -0.1) is 0 Å². The van der Waals surface area contributed by atoms with Crippen LogP contribution in [-0.2, 0) is 17.6 Å². The first-order chi connectivity index (χ1) is 9.17. The first kappa shape index (κ1) is 14.3. The van der Waals surface area contributed by atoms with Gasteiger partial charge in [-0.2, -0.15) is 0 Å². The van der Waals surface area contributed by atoms with Crippen molar-refractivity contribution in [1.82, 2.24) is 0 Å². The molecule has 0 unspecified atom stereocenters. The van der Waals surface area contributed by atoms with Gasteiger partial charge >= 0.3 is 0 Å². The van der Waals surface area contributed by atoms with E-state index in [1.54, 1.807) is 0 Å². The maximum atomic E-state index is 5.80. The summed E-state index contributed by atoms with van der Waals surface area (Å²) in [5.41, 5.74) is 8.80. The Bertz CT molecular complexity index is 457. The van der Waals surface area contributed by atoms with Gasteiger partial charge in [-0.25, -0.2) is 0 Å². The molecule has 1 aromatic rings. The zero-order valence-corrected chi connectivity index (χ0v) is 12.8. The molecule has 0 fully saturated rings. The molecule has 1 aliphatic rings. The van der Waals surface area contributed by atoms with E-state index in [2.05, 4.69) is 39.8 Å². The molecule has 1 heteroatoms. The Morgan fingerprint density at radius 1 is 1.05 bits per heavy atom. The Balaban J connectivity index is 2.59. The Hall–Kier alpha value is -1.08. The van der Waals surface area contributed by atoms with Crippen LogP contribution in [0.5, 0.6) is 0 Å². The highest BCUT2D eigenvalue weighted by atomic mass is 16.5. The molecule has 0 N–H and O–H groups in total. The smallest absolute Gasteiger partial charge is 0.0722 e. The van der Waals surface area contributed by atoms with Crippen molar-refractivity contribution in [3.8, 4) is 0 Å². The number of aryl methyl sites for hydroxylation is 3. The van der Waals surface area contributed by atoms with E-state index in [9.17, 15) is 0 Å². The lowest BCUT2D eigenvalue weighted by molar-refractivity contribution is 0.169. The number of ether oxygens (including phenoxy) is 1. The molecule has 104 valence electrons. The van der Waals surface area contributed by atoms with Crippen LogP contribution in [-0.4, -0.2) is 13.2 Å². The number of allylic oxidation sites excluding steroid dienone is 1. The van der Waals surface area contributed by atoms with E-state index in [1.165, 1.54) is 39.8 Å². The summed E-state index contributed by atoms with van der Waals surface area (Å²) in [5.74, 6) is 0. The molecule has 1 aromatic carbocycles. The third-order valence-electron chi connectivity index (χ3n) is 4.11. The molecular weight excluding hydrogens is 232 g/mol. The zero-order valence-electron chi connectivity index (χ0n) is 12.8. The van der Waals surface area contributed by atoms with Gasteiger partial charge in [-0.3, -0.25) is 0 Å². The van der Waals surface area contributed by atoms with Crippen molar-refractivity contribution in [2.24, 2.45) is 0 Å². The molecule has 0 aliphatic carbocycles. The van der Waals surface area contributed by atoms with Gasteiger partial charge in [0, 0.05) is 6.61 Å². The van der Waals surface area contributed by atoms with Crippen LogP contribution in [0.25, 0.3) is 5.57 Å². The van der Waals surface area contributed by atoms with Gasteiger partial charge in [0.25, 0.3) is 0 Å². The molecule has 0 saturated carbocycles. The molecule has 0 aromatic heterocycles. The second kappa shape index (κ2) is 6.38. The number of hydrogen-bond donors (Lipinski definition) is 0. The molecule has 1 aliphatic heterocycles. The van der Waals surface area contributed by atoms with Crippen molar-refractivity contribution < 1.29 is 4.74 Å². The summed E-state index contributed by atoms with van der Waals surface area (Å²) >= 11 is 0. The minimum Gasteiger partial charge on any atom is -0.377 e. The number of hydrogen-bond acceptors (Lipinski definition) is 1. The second-order valence-corrected chi connectivity index (χ2v) is 5.58. The van der Waals surface area contributed by atoms with Gasteiger partial charge in [0.15, 0.2) is 0 Å². The summed E-state index contributed by atoms with van der Waals surface area (Å²) in [7, 11) is 0. The molecule has 0 spiro atoms. The van der Waals surface area contributed by atoms with Crippen LogP contribution in [0.3, 0.4) is 0 Å². The Morgan fingerprint density at radius 3 is 2.26 bits per heavy atom. The summed E-state index contributed by atoms with van der Waals surface area (Å²) in [6.07, 6.45) is 4.53. The maximum absolute atomic E-state index is 5.80. The van der Waals surface area contributed by atoms with Crippen molar-refractivity contribution >= 4 is 5.57 Å². The van der Waals surface area contributed by atoms with Gasteiger partial charge in [-0.1, -0.05) is 37.1 Å². The van der Waals surface area contributed by atoms with E-state index in [-0.39, 0.29) is 0 Å². The fourth-order valence-corrected chi connectivity index (χ4v) is 3.06. The van der Waals surface area contributed by atoms with Crippen molar-refractivity contribution in [3.05, 3.63) is 40.0 Å². The lowest BCUT2D eigenvalue weighted by Crippen LogP contribution is -2.05. The summed E-state index contributed by atoms with van der Waals surface area (Å²) in [5, 5.41) is 0. The summed E-state index contributed by atoms with van der Waals surface area (Å²) in [4.78, 5) is 0. The molecule has 1 nitrogen and oxygen atoms in total. The summed E-state index contributed by atoms with van der Waals surface area (Å²) in [6.45, 7) is 10.7. The molecule has 2 rings (SSSR count). The third-order valence-corrected chi connectivity index (χ3v) is 4.11. The van der Waals surface area contributed by atoms with Gasteiger partial charge in [-0.05, 0) is 61.8 Å². The lowest BCUT2D eigenvalue weighted by Gasteiger charge is -2.19. The van der Waals surface area contributed by atoms with Crippen molar-refractivity contribution in [2.75, 3.05) is 13.2 Å². The predicted octanol–water partition coefficient (Wildman–Crippen LogP) is 4.70. The first-order valence-corrected chi connectivity index (χ1v) is 7.56. The largest absolute Gasteiger partial charge is 0.377 e. The average Bonchev–Trinajstić information content (AvgIpc) is 2.62. The predicted molar refractivity (Wildman–Crippen MR) is 82.6 cm³/mol. The Morgan fingerprint density at radius 2 is 1.68 bits per heavy atom. The normalized spacial score (nSPS) is 16.6. The molecule has 0 saturated heterocycles. The summed E-state index contributed by atoms with van der Waals surface area (Å²) < 4.78 is 5.80. The highest BCUT2D eigenvalue weighted by Crippen LogP contribution is 2.31. The molecular formula is C18H26O. The quantitative estimate of drug-likeness (QED) is 0.763. The monoisotopic (exact) mass is 258 g/mol. The van der Waals surface area contributed by atoms with E-state index in [1.807, 2.05) is 0 Å². The highest BCUT2D eigenvalue weighted by Gasteiger charge is 2.16. The fourth-order valence-electron chi connectivity index (χ4n) is 3.06. The van der Waals surface area contributed by atoms with Crippen molar-refractivity contribution in [2.45, 2.75) is 53.4 Å². The molecule has 0 atom stereocenters. The zero-order chi connectivity index (χ0) is 13.8. The van der Waals surface area contributed by atoms with E-state index in [0.29, 0.717) is 0 Å². The van der Waals surface area contributed by atoms with Gasteiger partial charge in [0.1, 0.15) is 0 Å². The first-order valence-electron chi connectivity index (χ1n) is 7.56. The van der Waals surface area contributed by atoms with Crippen LogP contribution >= 0.6 is 0 Å². The van der Waals surface area contributed by atoms with E-state index in [0.717, 1.165) is 32.5 Å². The highest BCUT2D eigenvalue weighted by molar-refractivity contribution is 5.74. The molecule has 19 heavy (non-hydrogen) atoms. The maximum Gasteiger partial charge on any atom is 0.0722 e. The number of benzene rings is 1. The third kappa shape index (κ3) is 3.09. The second-order valence-electron chi connectivity index (χ2n) is 5.58. The van der Waals surface area contributed by atoms with E-state index >= 15 is 0 Å². The van der Waals surface area contributed by atoms with Crippen LogP contribution < -0.4 is 0 Å².